The lowest BCUT2D eigenvalue weighted by Crippen LogP contribution is -2.41. The zero-order valence-electron chi connectivity index (χ0n) is 10.3. The predicted octanol–water partition coefficient (Wildman–Crippen LogP) is 2.50. The molecule has 4 nitrogen and oxygen atoms in total. The van der Waals surface area contributed by atoms with Crippen molar-refractivity contribution < 1.29 is 0 Å². The highest BCUT2D eigenvalue weighted by Gasteiger charge is 2.25. The van der Waals surface area contributed by atoms with Gasteiger partial charge in [0.25, 0.3) is 0 Å². The predicted molar refractivity (Wildman–Crippen MR) is 75.3 cm³/mol. The summed E-state index contributed by atoms with van der Waals surface area (Å²) < 4.78 is 0. The largest absolute Gasteiger partial charge is 0.357 e. The highest BCUT2D eigenvalue weighted by atomic mass is 35.5. The van der Waals surface area contributed by atoms with Gasteiger partial charge >= 0.3 is 0 Å². The third kappa shape index (κ3) is 2.96. The van der Waals surface area contributed by atoms with Crippen LogP contribution in [-0.4, -0.2) is 40.6 Å². The third-order valence-electron chi connectivity index (χ3n) is 2.67. The Morgan fingerprint density at radius 1 is 1.41 bits per heavy atom. The van der Waals surface area contributed by atoms with E-state index < -0.39 is 0 Å². The molecule has 2 rings (SSSR count). The fourth-order valence-electron chi connectivity index (χ4n) is 2.05. The quantitative estimate of drug-likeness (QED) is 0.896. The van der Waals surface area contributed by atoms with Crippen molar-refractivity contribution in [1.82, 2.24) is 9.97 Å². The lowest BCUT2D eigenvalue weighted by Gasteiger charge is -2.35. The smallest absolute Gasteiger partial charge is 0.224 e. The van der Waals surface area contributed by atoms with Crippen LogP contribution in [0.4, 0.5) is 11.8 Å². The van der Waals surface area contributed by atoms with E-state index in [9.17, 15) is 0 Å². The minimum absolute atomic E-state index is 0.600. The van der Waals surface area contributed by atoms with Gasteiger partial charge in [-0.3, -0.25) is 0 Å². The molecule has 0 aromatic carbocycles. The first kappa shape index (κ1) is 12.8. The van der Waals surface area contributed by atoms with Gasteiger partial charge < -0.3 is 10.2 Å². The summed E-state index contributed by atoms with van der Waals surface area (Å²) in [6.07, 6.45) is 1.66. The molecule has 1 aromatic heterocycles. The summed E-state index contributed by atoms with van der Waals surface area (Å²) >= 11 is 8.19. The topological polar surface area (TPSA) is 41.1 Å². The van der Waals surface area contributed by atoms with Gasteiger partial charge in [-0.25, -0.2) is 4.98 Å². The maximum absolute atomic E-state index is 6.18. The number of halogens is 1. The van der Waals surface area contributed by atoms with Crippen LogP contribution in [0.5, 0.6) is 0 Å². The molecule has 0 radical (unpaired) electrons. The van der Waals surface area contributed by atoms with Gasteiger partial charge in [0.1, 0.15) is 5.02 Å². The number of aromatic nitrogens is 2. The van der Waals surface area contributed by atoms with Gasteiger partial charge in [-0.05, 0) is 0 Å². The summed E-state index contributed by atoms with van der Waals surface area (Å²) in [5, 5.41) is 4.76. The van der Waals surface area contributed by atoms with Gasteiger partial charge in [0.15, 0.2) is 5.82 Å². The van der Waals surface area contributed by atoms with Crippen LogP contribution in [0.15, 0.2) is 6.20 Å². The standard InChI is InChI=1S/C11H17ClN4S/c1-7-5-16(6-8(2)17-7)10-9(12)4-14-11(13-3)15-10/h4,7-8H,5-6H2,1-3H3,(H,13,14,15). The second kappa shape index (κ2) is 5.31. The van der Waals surface area contributed by atoms with Crippen LogP contribution < -0.4 is 10.2 Å². The Balaban J connectivity index is 2.26. The van der Waals surface area contributed by atoms with Crippen molar-refractivity contribution >= 4 is 35.1 Å². The molecule has 94 valence electrons. The normalized spacial score (nSPS) is 24.8. The second-order valence-corrected chi connectivity index (χ2v) is 6.57. The first-order valence-electron chi connectivity index (χ1n) is 5.71. The minimum Gasteiger partial charge on any atom is -0.357 e. The minimum atomic E-state index is 0.600. The first-order chi connectivity index (χ1) is 8.10. The molecule has 0 aliphatic carbocycles. The number of anilines is 2. The highest BCUT2D eigenvalue weighted by molar-refractivity contribution is 8.00. The van der Waals surface area contributed by atoms with Gasteiger partial charge in [-0.2, -0.15) is 16.7 Å². The number of hydrogen-bond acceptors (Lipinski definition) is 5. The number of rotatable bonds is 2. The molecule has 0 saturated carbocycles. The molecule has 0 spiro atoms. The van der Waals surface area contributed by atoms with E-state index in [0.717, 1.165) is 18.9 Å². The molecule has 0 amide bonds. The molecular formula is C11H17ClN4S. The fraction of sp³-hybridized carbons (Fsp3) is 0.636. The van der Waals surface area contributed by atoms with Crippen molar-refractivity contribution in [2.75, 3.05) is 30.4 Å². The van der Waals surface area contributed by atoms with Gasteiger partial charge in [0.05, 0.1) is 6.20 Å². The van der Waals surface area contributed by atoms with Gasteiger partial charge in [-0.15, -0.1) is 0 Å². The molecule has 1 aromatic rings. The van der Waals surface area contributed by atoms with Gasteiger partial charge in [0, 0.05) is 30.6 Å². The van der Waals surface area contributed by atoms with Crippen molar-refractivity contribution in [1.29, 1.82) is 0 Å². The molecule has 17 heavy (non-hydrogen) atoms. The molecule has 1 fully saturated rings. The molecule has 1 saturated heterocycles. The van der Waals surface area contributed by atoms with Crippen LogP contribution in [0.3, 0.4) is 0 Å². The summed E-state index contributed by atoms with van der Waals surface area (Å²) in [6.45, 7) is 6.44. The van der Waals surface area contributed by atoms with Crippen LogP contribution in [0.1, 0.15) is 13.8 Å². The average Bonchev–Trinajstić information content (AvgIpc) is 2.28. The monoisotopic (exact) mass is 272 g/mol. The van der Waals surface area contributed by atoms with E-state index in [1.54, 1.807) is 6.20 Å². The van der Waals surface area contributed by atoms with Gasteiger partial charge in [-0.1, -0.05) is 25.4 Å². The Kier molecular flexibility index (Phi) is 3.99. The average molecular weight is 273 g/mol. The molecule has 0 bridgehead atoms. The molecule has 1 aliphatic heterocycles. The van der Waals surface area contributed by atoms with E-state index in [-0.39, 0.29) is 0 Å². The Morgan fingerprint density at radius 2 is 2.06 bits per heavy atom. The number of thioether (sulfide) groups is 1. The zero-order chi connectivity index (χ0) is 12.4. The van der Waals surface area contributed by atoms with Crippen LogP contribution in [-0.2, 0) is 0 Å². The van der Waals surface area contributed by atoms with Crippen LogP contribution in [0.2, 0.25) is 5.02 Å². The Labute approximate surface area is 111 Å². The summed E-state index contributed by atoms with van der Waals surface area (Å²) in [5.41, 5.74) is 0. The first-order valence-corrected chi connectivity index (χ1v) is 7.03. The number of hydrogen-bond donors (Lipinski definition) is 1. The molecule has 1 aliphatic rings. The lowest BCUT2D eigenvalue weighted by atomic mass is 10.3. The third-order valence-corrected chi connectivity index (χ3v) is 4.16. The maximum Gasteiger partial charge on any atom is 0.224 e. The Hall–Kier alpha value is -0.680. The second-order valence-electron chi connectivity index (χ2n) is 4.28. The van der Waals surface area contributed by atoms with E-state index >= 15 is 0 Å². The van der Waals surface area contributed by atoms with Crippen LogP contribution in [0, 0.1) is 0 Å². The molecular weight excluding hydrogens is 256 g/mol. The van der Waals surface area contributed by atoms with Gasteiger partial charge in [0.2, 0.25) is 5.95 Å². The van der Waals surface area contributed by atoms with E-state index in [2.05, 4.69) is 34.0 Å². The van der Waals surface area contributed by atoms with Crippen LogP contribution >= 0.6 is 23.4 Å². The molecule has 6 heteroatoms. The number of nitrogens with zero attached hydrogens (tertiary/aromatic N) is 3. The summed E-state index contributed by atoms with van der Waals surface area (Å²) in [4.78, 5) is 10.8. The zero-order valence-corrected chi connectivity index (χ0v) is 11.8. The fourth-order valence-corrected chi connectivity index (χ4v) is 3.59. The number of nitrogens with one attached hydrogen (secondary N) is 1. The van der Waals surface area contributed by atoms with Crippen molar-refractivity contribution in [3.63, 3.8) is 0 Å². The molecule has 1 N–H and O–H groups in total. The summed E-state index contributed by atoms with van der Waals surface area (Å²) in [6, 6.07) is 0. The van der Waals surface area contributed by atoms with E-state index in [4.69, 9.17) is 11.6 Å². The van der Waals surface area contributed by atoms with Crippen LogP contribution in [0.25, 0.3) is 0 Å². The summed E-state index contributed by atoms with van der Waals surface area (Å²) in [5.74, 6) is 1.45. The highest BCUT2D eigenvalue weighted by Crippen LogP contribution is 2.31. The summed E-state index contributed by atoms with van der Waals surface area (Å²) in [7, 11) is 1.81. The van der Waals surface area contributed by atoms with Crippen molar-refractivity contribution in [3.8, 4) is 0 Å². The van der Waals surface area contributed by atoms with Crippen molar-refractivity contribution in [2.45, 2.75) is 24.3 Å². The molecule has 2 unspecified atom stereocenters. The Morgan fingerprint density at radius 3 is 2.65 bits per heavy atom. The van der Waals surface area contributed by atoms with E-state index in [1.165, 1.54) is 0 Å². The maximum atomic E-state index is 6.18. The Bertz CT molecular complexity index is 391. The SMILES string of the molecule is CNc1ncc(Cl)c(N2CC(C)SC(C)C2)n1. The van der Waals surface area contributed by atoms with E-state index in [1.807, 2.05) is 18.8 Å². The van der Waals surface area contributed by atoms with Crippen molar-refractivity contribution in [3.05, 3.63) is 11.2 Å². The molecule has 2 atom stereocenters. The van der Waals surface area contributed by atoms with Crippen molar-refractivity contribution in [2.24, 2.45) is 0 Å². The molecule has 2 heterocycles. The van der Waals surface area contributed by atoms with E-state index in [0.29, 0.717) is 21.5 Å². The lowest BCUT2D eigenvalue weighted by molar-refractivity contribution is 0.718.